The van der Waals surface area contributed by atoms with E-state index >= 15 is 0 Å². The molecular weight excluding hydrogens is 91.0 g/mol. The van der Waals surface area contributed by atoms with Crippen molar-refractivity contribution in [3.8, 4) is 0 Å². The molecule has 0 atom stereocenters. The molecule has 1 heterocycles. The summed E-state index contributed by atoms with van der Waals surface area (Å²) in [7, 11) is 1.66. The van der Waals surface area contributed by atoms with Crippen LogP contribution in [-0.2, 0) is 0 Å². The SMILES string of the molecule is CC1(C)C[P]C1. The lowest BCUT2D eigenvalue weighted by molar-refractivity contribution is 0.454. The lowest BCUT2D eigenvalue weighted by atomic mass is 9.99. The Bertz CT molecular complexity index is 51.0. The first-order chi connectivity index (χ1) is 2.71. The monoisotopic (exact) mass is 101 g/mol. The van der Waals surface area contributed by atoms with E-state index in [4.69, 9.17) is 0 Å². The van der Waals surface area contributed by atoms with Gasteiger partial charge in [-0.25, -0.2) is 0 Å². The number of hydrogen-bond acceptors (Lipinski definition) is 0. The lowest BCUT2D eigenvalue weighted by Gasteiger charge is -2.32. The lowest BCUT2D eigenvalue weighted by Crippen LogP contribution is -2.25. The van der Waals surface area contributed by atoms with Gasteiger partial charge in [0.2, 0.25) is 0 Å². The molecule has 1 aliphatic heterocycles. The average molecular weight is 101 g/mol. The van der Waals surface area contributed by atoms with E-state index in [0.717, 1.165) is 0 Å². The van der Waals surface area contributed by atoms with Crippen LogP contribution in [0.25, 0.3) is 0 Å². The molecule has 1 rings (SSSR count). The second-order valence-electron chi connectivity index (χ2n) is 2.70. The largest absolute Gasteiger partial charge is 0.0798 e. The summed E-state index contributed by atoms with van der Waals surface area (Å²) in [5.74, 6) is 0. The van der Waals surface area contributed by atoms with Crippen molar-refractivity contribution in [2.45, 2.75) is 13.8 Å². The molecule has 0 N–H and O–H groups in total. The fraction of sp³-hybridized carbons (Fsp3) is 1.00. The standard InChI is InChI=1S/C5H10P/c1-5(2)3-6-4-5/h3-4H2,1-2H3. The predicted molar refractivity (Wildman–Crippen MR) is 30.4 cm³/mol. The highest BCUT2D eigenvalue weighted by molar-refractivity contribution is 7.40. The van der Waals surface area contributed by atoms with E-state index in [-0.39, 0.29) is 0 Å². The molecule has 0 aromatic rings. The minimum Gasteiger partial charge on any atom is -0.0798 e. The van der Waals surface area contributed by atoms with Crippen LogP contribution >= 0.6 is 8.58 Å². The van der Waals surface area contributed by atoms with Gasteiger partial charge in [0.1, 0.15) is 0 Å². The molecule has 1 heteroatoms. The van der Waals surface area contributed by atoms with E-state index in [1.165, 1.54) is 12.3 Å². The van der Waals surface area contributed by atoms with Crippen molar-refractivity contribution in [2.24, 2.45) is 5.41 Å². The van der Waals surface area contributed by atoms with Gasteiger partial charge >= 0.3 is 0 Å². The minimum absolute atomic E-state index is 0.710. The summed E-state index contributed by atoms with van der Waals surface area (Å²) < 4.78 is 0. The molecular formula is C5H10P. The first-order valence-corrected chi connectivity index (χ1v) is 3.60. The van der Waals surface area contributed by atoms with Crippen LogP contribution in [0.2, 0.25) is 0 Å². The van der Waals surface area contributed by atoms with Crippen molar-refractivity contribution >= 4 is 8.58 Å². The Morgan fingerprint density at radius 3 is 1.67 bits per heavy atom. The molecule has 0 amide bonds. The third-order valence-electron chi connectivity index (χ3n) is 1.08. The molecule has 0 unspecified atom stereocenters. The molecule has 1 aliphatic rings. The maximum atomic E-state index is 2.32. The molecule has 6 heavy (non-hydrogen) atoms. The number of rotatable bonds is 0. The van der Waals surface area contributed by atoms with E-state index in [1.807, 2.05) is 0 Å². The third-order valence-corrected chi connectivity index (χ3v) is 3.24. The Labute approximate surface area is 41.1 Å². The van der Waals surface area contributed by atoms with Crippen LogP contribution in [0.1, 0.15) is 13.8 Å². The van der Waals surface area contributed by atoms with Crippen LogP contribution in [0.3, 0.4) is 0 Å². The Balaban J connectivity index is 2.31. The predicted octanol–water partition coefficient (Wildman–Crippen LogP) is 1.97. The highest BCUT2D eigenvalue weighted by atomic mass is 31.1. The van der Waals surface area contributed by atoms with E-state index in [0.29, 0.717) is 5.41 Å². The summed E-state index contributed by atoms with van der Waals surface area (Å²) in [4.78, 5) is 0. The van der Waals surface area contributed by atoms with Crippen molar-refractivity contribution in [1.82, 2.24) is 0 Å². The summed E-state index contributed by atoms with van der Waals surface area (Å²) >= 11 is 0. The molecule has 1 fully saturated rings. The smallest absolute Gasteiger partial charge is 0.0232 e. The topological polar surface area (TPSA) is 0 Å². The van der Waals surface area contributed by atoms with Gasteiger partial charge in [-0.2, -0.15) is 0 Å². The highest BCUT2D eigenvalue weighted by Crippen LogP contribution is 2.41. The van der Waals surface area contributed by atoms with Crippen molar-refractivity contribution in [2.75, 3.05) is 12.3 Å². The summed E-state index contributed by atoms with van der Waals surface area (Å²) in [5, 5.41) is 0. The number of hydrogen-bond donors (Lipinski definition) is 0. The average Bonchev–Trinajstić information content (AvgIpc) is 1.32. The summed E-state index contributed by atoms with van der Waals surface area (Å²) in [5.41, 5.74) is 0.710. The quantitative estimate of drug-likeness (QED) is 0.409. The van der Waals surface area contributed by atoms with Gasteiger partial charge in [-0.3, -0.25) is 0 Å². The fourth-order valence-electron chi connectivity index (χ4n) is 0.559. The van der Waals surface area contributed by atoms with Gasteiger partial charge in [-0.05, 0) is 17.7 Å². The first kappa shape index (κ1) is 4.59. The molecule has 0 spiro atoms. The normalized spacial score (nSPS) is 29.0. The Morgan fingerprint density at radius 1 is 1.33 bits per heavy atom. The zero-order valence-electron chi connectivity index (χ0n) is 4.36. The minimum atomic E-state index is 0.710. The second-order valence-corrected chi connectivity index (χ2v) is 3.78. The van der Waals surface area contributed by atoms with Gasteiger partial charge in [0.25, 0.3) is 0 Å². The van der Waals surface area contributed by atoms with Crippen LogP contribution < -0.4 is 0 Å². The van der Waals surface area contributed by atoms with Gasteiger partial charge < -0.3 is 0 Å². The summed E-state index contributed by atoms with van der Waals surface area (Å²) in [6, 6.07) is 0. The van der Waals surface area contributed by atoms with Gasteiger partial charge in [0, 0.05) is 0 Å². The second kappa shape index (κ2) is 1.20. The van der Waals surface area contributed by atoms with Crippen molar-refractivity contribution in [1.29, 1.82) is 0 Å². The highest BCUT2D eigenvalue weighted by Gasteiger charge is 2.25. The Morgan fingerprint density at radius 2 is 1.67 bits per heavy atom. The molecule has 0 bridgehead atoms. The molecule has 1 radical (unpaired) electrons. The zero-order valence-corrected chi connectivity index (χ0v) is 5.26. The van der Waals surface area contributed by atoms with Crippen LogP contribution in [0, 0.1) is 5.41 Å². The Hall–Kier alpha value is 0.430. The van der Waals surface area contributed by atoms with Gasteiger partial charge in [0.15, 0.2) is 0 Å². The van der Waals surface area contributed by atoms with Gasteiger partial charge in [-0.15, -0.1) is 0 Å². The summed E-state index contributed by atoms with van der Waals surface area (Å²) in [6.45, 7) is 4.65. The Kier molecular flexibility index (Phi) is 0.916. The van der Waals surface area contributed by atoms with Gasteiger partial charge in [0.05, 0.1) is 0 Å². The molecule has 1 saturated heterocycles. The fourth-order valence-corrected chi connectivity index (χ4v) is 1.68. The third kappa shape index (κ3) is 0.733. The van der Waals surface area contributed by atoms with E-state index in [1.54, 1.807) is 8.58 Å². The van der Waals surface area contributed by atoms with Crippen LogP contribution in [-0.4, -0.2) is 12.3 Å². The van der Waals surface area contributed by atoms with E-state index in [2.05, 4.69) is 13.8 Å². The van der Waals surface area contributed by atoms with E-state index in [9.17, 15) is 0 Å². The van der Waals surface area contributed by atoms with Crippen molar-refractivity contribution in [3.63, 3.8) is 0 Å². The first-order valence-electron chi connectivity index (χ1n) is 2.34. The maximum absolute atomic E-state index is 2.32. The molecule has 0 nitrogen and oxygen atoms in total. The molecule has 0 aromatic heterocycles. The van der Waals surface area contributed by atoms with Crippen molar-refractivity contribution in [3.05, 3.63) is 0 Å². The van der Waals surface area contributed by atoms with Crippen LogP contribution in [0.5, 0.6) is 0 Å². The maximum Gasteiger partial charge on any atom is -0.0232 e. The van der Waals surface area contributed by atoms with Gasteiger partial charge in [-0.1, -0.05) is 22.4 Å². The van der Waals surface area contributed by atoms with Crippen LogP contribution in [0.4, 0.5) is 0 Å². The van der Waals surface area contributed by atoms with E-state index < -0.39 is 0 Å². The zero-order chi connectivity index (χ0) is 4.62. The molecule has 0 aliphatic carbocycles. The molecule has 0 aromatic carbocycles. The molecule has 0 saturated carbocycles. The van der Waals surface area contributed by atoms with Crippen molar-refractivity contribution < 1.29 is 0 Å². The van der Waals surface area contributed by atoms with Crippen LogP contribution in [0.15, 0.2) is 0 Å². The summed E-state index contributed by atoms with van der Waals surface area (Å²) in [6.07, 6.45) is 2.85. The molecule has 35 valence electrons.